The lowest BCUT2D eigenvalue weighted by Gasteiger charge is -2.38. The first-order valence-corrected chi connectivity index (χ1v) is 21.1. The minimum absolute atomic E-state index is 0.0244. The lowest BCUT2D eigenvalue weighted by Crippen LogP contribution is -2.43. The molecule has 3 heterocycles. The molecule has 0 spiro atoms. The van der Waals surface area contributed by atoms with Gasteiger partial charge in [-0.25, -0.2) is 23.7 Å². The molecular formula is C39H50F2N4O4SSi. The number of pyridine rings is 1. The Balaban J connectivity index is 1.91. The number of hydrogen-bond acceptors (Lipinski definition) is 9. The number of halogens is 2. The van der Waals surface area contributed by atoms with Crippen molar-refractivity contribution in [3.63, 3.8) is 0 Å². The van der Waals surface area contributed by atoms with Gasteiger partial charge in [-0.1, -0.05) is 65.3 Å². The van der Waals surface area contributed by atoms with E-state index in [1.165, 1.54) is 24.9 Å². The molecule has 1 aliphatic heterocycles. The molecule has 1 aliphatic rings. The van der Waals surface area contributed by atoms with E-state index in [-0.39, 0.29) is 35.6 Å². The SMILES string of the molecule is COCOc1cc(-c2nc(OC(C)C)c3c(N4CCCC(O)C4)nc(SC)nc3c2F)c2c(C#C[Si](C(C)C)(C(C)C)C(C)C)c(F)ccc2c1. The van der Waals surface area contributed by atoms with Crippen LogP contribution in [0.5, 0.6) is 11.6 Å². The first-order chi connectivity index (χ1) is 24.2. The summed E-state index contributed by atoms with van der Waals surface area (Å²) in [5.41, 5.74) is 5.07. The van der Waals surface area contributed by atoms with Crippen molar-refractivity contribution in [3.8, 4) is 34.4 Å². The number of aliphatic hydroxyl groups excluding tert-OH is 1. The molecule has 0 bridgehead atoms. The van der Waals surface area contributed by atoms with Gasteiger partial charge in [-0.05, 0) is 73.2 Å². The molecule has 2 aromatic heterocycles. The van der Waals surface area contributed by atoms with Crippen LogP contribution in [-0.2, 0) is 4.74 Å². The van der Waals surface area contributed by atoms with Crippen LogP contribution in [-0.4, -0.2) is 73.6 Å². The highest BCUT2D eigenvalue weighted by atomic mass is 32.2. The summed E-state index contributed by atoms with van der Waals surface area (Å²) >= 11 is 1.29. The second kappa shape index (κ2) is 16.0. The predicted molar refractivity (Wildman–Crippen MR) is 206 cm³/mol. The molecule has 8 nitrogen and oxygen atoms in total. The number of rotatable bonds is 11. The van der Waals surface area contributed by atoms with E-state index < -0.39 is 25.8 Å². The first-order valence-electron chi connectivity index (χ1n) is 17.7. The number of methoxy groups -OCH3 is 1. The lowest BCUT2D eigenvalue weighted by atomic mass is 9.95. The Hall–Kier alpha value is -3.50. The van der Waals surface area contributed by atoms with E-state index in [1.54, 1.807) is 18.2 Å². The second-order valence-corrected chi connectivity index (χ2v) is 20.8. The third-order valence-electron chi connectivity index (χ3n) is 9.85. The van der Waals surface area contributed by atoms with Crippen molar-refractivity contribution in [2.45, 2.75) is 102 Å². The van der Waals surface area contributed by atoms with Crippen LogP contribution < -0.4 is 14.4 Å². The van der Waals surface area contributed by atoms with Gasteiger partial charge >= 0.3 is 0 Å². The van der Waals surface area contributed by atoms with Gasteiger partial charge in [0.2, 0.25) is 5.88 Å². The zero-order valence-electron chi connectivity index (χ0n) is 31.4. The number of fused-ring (bicyclic) bond motifs is 2. The minimum Gasteiger partial charge on any atom is -0.474 e. The number of ether oxygens (including phenoxy) is 3. The van der Waals surface area contributed by atoms with Gasteiger partial charge in [0.15, 0.2) is 17.8 Å². The molecule has 4 aromatic rings. The van der Waals surface area contributed by atoms with E-state index in [0.29, 0.717) is 74.6 Å². The third-order valence-corrected chi connectivity index (χ3v) is 16.7. The second-order valence-electron chi connectivity index (χ2n) is 14.4. The maximum absolute atomic E-state index is 17.4. The fourth-order valence-electron chi connectivity index (χ4n) is 7.59. The highest BCUT2D eigenvalue weighted by Gasteiger charge is 2.42. The number of aliphatic hydroxyl groups is 1. The van der Waals surface area contributed by atoms with Gasteiger partial charge in [-0.15, -0.1) is 5.54 Å². The summed E-state index contributed by atoms with van der Waals surface area (Å²) in [6, 6.07) is 6.47. The van der Waals surface area contributed by atoms with E-state index in [2.05, 4.69) is 58.0 Å². The van der Waals surface area contributed by atoms with Crippen molar-refractivity contribution in [1.29, 1.82) is 0 Å². The predicted octanol–water partition coefficient (Wildman–Crippen LogP) is 9.15. The maximum Gasteiger partial charge on any atom is 0.227 e. The van der Waals surface area contributed by atoms with Crippen LogP contribution in [0.2, 0.25) is 16.6 Å². The van der Waals surface area contributed by atoms with Gasteiger partial charge in [-0.2, -0.15) is 0 Å². The number of aromatic nitrogens is 3. The van der Waals surface area contributed by atoms with E-state index in [1.807, 2.05) is 25.0 Å². The quantitative estimate of drug-likeness (QED) is 0.0533. The first kappa shape index (κ1) is 38.7. The number of piperidine rings is 1. The fraction of sp³-hybridized carbons (Fsp3) is 0.513. The summed E-state index contributed by atoms with van der Waals surface area (Å²) in [4.78, 5) is 16.2. The van der Waals surface area contributed by atoms with E-state index in [0.717, 1.165) is 6.42 Å². The third kappa shape index (κ3) is 7.68. The normalized spacial score (nSPS) is 15.4. The molecule has 1 saturated heterocycles. The minimum atomic E-state index is -2.28. The van der Waals surface area contributed by atoms with Gasteiger partial charge < -0.3 is 24.2 Å². The van der Waals surface area contributed by atoms with Gasteiger partial charge in [-0.3, -0.25) is 0 Å². The maximum atomic E-state index is 17.4. The smallest absolute Gasteiger partial charge is 0.227 e. The van der Waals surface area contributed by atoms with Gasteiger partial charge in [0.25, 0.3) is 0 Å². The van der Waals surface area contributed by atoms with Gasteiger partial charge in [0, 0.05) is 31.1 Å². The number of anilines is 1. The Morgan fingerprint density at radius 1 is 1.00 bits per heavy atom. The summed E-state index contributed by atoms with van der Waals surface area (Å²) in [5, 5.41) is 12.3. The Morgan fingerprint density at radius 2 is 1.71 bits per heavy atom. The van der Waals surface area contributed by atoms with Crippen molar-refractivity contribution in [3.05, 3.63) is 41.5 Å². The number of thioether (sulfide) groups is 1. The standard InChI is InChI=1S/C39H50F2N4O4SSi/c1-22(2)49-38-33-36(43-39(50-10)44-37(33)45-16-11-12-27(46)20-45)34(41)35(42-38)30-19-28(48-21-47-9)18-26-13-14-31(40)29(32(26)30)15-17-51(23(3)4,24(5)6)25(7)8/h13-14,18-19,22-25,27,46H,11-12,16,20-21H2,1-10H3. The largest absolute Gasteiger partial charge is 0.474 e. The number of nitrogens with zero attached hydrogens (tertiary/aromatic N) is 4. The summed E-state index contributed by atoms with van der Waals surface area (Å²) in [6.45, 7) is 17.9. The van der Waals surface area contributed by atoms with Crippen molar-refractivity contribution in [2.24, 2.45) is 0 Å². The zero-order valence-corrected chi connectivity index (χ0v) is 33.2. The van der Waals surface area contributed by atoms with Crippen molar-refractivity contribution < 1.29 is 28.1 Å². The van der Waals surface area contributed by atoms with Gasteiger partial charge in [0.05, 0.1) is 17.8 Å². The lowest BCUT2D eigenvalue weighted by molar-refractivity contribution is 0.0512. The van der Waals surface area contributed by atoms with Crippen LogP contribution in [0.25, 0.3) is 32.9 Å². The molecule has 1 atom stereocenters. The molecule has 1 unspecified atom stereocenters. The molecule has 274 valence electrons. The average Bonchev–Trinajstić information content (AvgIpc) is 3.08. The average molecular weight is 737 g/mol. The van der Waals surface area contributed by atoms with Crippen molar-refractivity contribution in [2.75, 3.05) is 38.1 Å². The number of β-amino-alcohol motifs (C(OH)–C–C–N with tert-alkyl or cyclic N) is 1. The summed E-state index contributed by atoms with van der Waals surface area (Å²) in [6.07, 6.45) is 2.38. The highest BCUT2D eigenvalue weighted by molar-refractivity contribution is 7.98. The molecule has 0 amide bonds. The molecule has 1 fully saturated rings. The number of benzene rings is 2. The molecule has 0 radical (unpaired) electrons. The monoisotopic (exact) mass is 736 g/mol. The molecule has 5 rings (SSSR count). The van der Waals surface area contributed by atoms with Crippen molar-refractivity contribution in [1.82, 2.24) is 15.0 Å². The topological polar surface area (TPSA) is 89.8 Å². The fourth-order valence-corrected chi connectivity index (χ4v) is 13.2. The molecular weight excluding hydrogens is 687 g/mol. The highest BCUT2D eigenvalue weighted by Crippen LogP contribution is 2.44. The summed E-state index contributed by atoms with van der Waals surface area (Å²) in [5.74, 6) is 3.10. The summed E-state index contributed by atoms with van der Waals surface area (Å²) < 4.78 is 50.9. The molecule has 0 saturated carbocycles. The molecule has 51 heavy (non-hydrogen) atoms. The van der Waals surface area contributed by atoms with E-state index in [9.17, 15) is 5.11 Å². The van der Waals surface area contributed by atoms with Crippen LogP contribution in [0, 0.1) is 23.1 Å². The Morgan fingerprint density at radius 3 is 2.31 bits per heavy atom. The molecule has 2 aromatic carbocycles. The van der Waals surface area contributed by atoms with Crippen LogP contribution in [0.4, 0.5) is 14.6 Å². The molecule has 0 aliphatic carbocycles. The van der Waals surface area contributed by atoms with Crippen molar-refractivity contribution >= 4 is 47.3 Å². The van der Waals surface area contributed by atoms with E-state index >= 15 is 8.78 Å². The molecule has 12 heteroatoms. The van der Waals surface area contributed by atoms with Crippen LogP contribution >= 0.6 is 11.8 Å². The van der Waals surface area contributed by atoms with Crippen LogP contribution in [0.15, 0.2) is 29.4 Å². The Labute approximate surface area is 305 Å². The Kier molecular flexibility index (Phi) is 12.2. The van der Waals surface area contributed by atoms with Crippen LogP contribution in [0.3, 0.4) is 0 Å². The van der Waals surface area contributed by atoms with Gasteiger partial charge in [0.1, 0.15) is 42.1 Å². The Bertz CT molecular complexity index is 1940. The summed E-state index contributed by atoms with van der Waals surface area (Å²) in [7, 11) is -0.764. The number of hydrogen-bond donors (Lipinski definition) is 1. The van der Waals surface area contributed by atoms with E-state index in [4.69, 9.17) is 24.2 Å². The zero-order chi connectivity index (χ0) is 37.2. The van der Waals surface area contributed by atoms with Crippen LogP contribution in [0.1, 0.15) is 73.8 Å². The molecule has 1 N–H and O–H groups in total.